The van der Waals surface area contributed by atoms with Crippen LogP contribution in [0.15, 0.2) is 48.5 Å². The first kappa shape index (κ1) is 11.8. The zero-order valence-electron chi connectivity index (χ0n) is 9.74. The maximum atomic E-state index is 10.7. The van der Waals surface area contributed by atoms with Crippen molar-refractivity contribution in [2.45, 2.75) is 0 Å². The number of rotatable bonds is 2. The van der Waals surface area contributed by atoms with Crippen molar-refractivity contribution in [2.75, 3.05) is 0 Å². The van der Waals surface area contributed by atoms with E-state index in [1.54, 1.807) is 6.07 Å². The lowest BCUT2D eigenvalue weighted by atomic mass is 10.0. The number of thiol groups is 1. The maximum Gasteiger partial charge on any atom is 0.299 e. The van der Waals surface area contributed by atoms with Crippen LogP contribution in [0, 0.1) is 0 Å². The zero-order valence-corrected chi connectivity index (χ0v) is 10.6. The fourth-order valence-corrected chi connectivity index (χ4v) is 2.47. The average molecular weight is 274 g/mol. The zero-order chi connectivity index (χ0) is 13.4. The van der Waals surface area contributed by atoms with Crippen molar-refractivity contribution in [1.29, 1.82) is 0 Å². The van der Waals surface area contributed by atoms with E-state index in [4.69, 9.17) is 4.18 Å². The van der Waals surface area contributed by atoms with Crippen molar-refractivity contribution < 1.29 is 17.7 Å². The molecule has 0 aliphatic heterocycles. The number of hydrogen-bond acceptors (Lipinski definition) is 4. The minimum absolute atomic E-state index is 0.0919. The molecule has 1 N–H and O–H groups in total. The molecule has 0 spiro atoms. The maximum absolute atomic E-state index is 10.7. The normalized spacial score (nSPS) is 11.2. The molecule has 0 atom stereocenters. The van der Waals surface area contributed by atoms with Crippen LogP contribution in [0.2, 0.25) is 0 Å². The Morgan fingerprint density at radius 1 is 0.895 bits per heavy atom. The van der Waals surface area contributed by atoms with Crippen LogP contribution in [0.5, 0.6) is 11.5 Å². The van der Waals surface area contributed by atoms with Gasteiger partial charge >= 0.3 is 0 Å². The monoisotopic (exact) mass is 274 g/mol. The van der Waals surface area contributed by atoms with Gasteiger partial charge in [0.1, 0.15) is 11.5 Å². The van der Waals surface area contributed by atoms with E-state index in [1.165, 1.54) is 12.1 Å². The number of phenols is 1. The summed E-state index contributed by atoms with van der Waals surface area (Å²) in [5.41, 5.74) is 0. The van der Waals surface area contributed by atoms with Crippen LogP contribution in [0.25, 0.3) is 21.5 Å². The summed E-state index contributed by atoms with van der Waals surface area (Å²) in [5, 5.41) is 12.9. The van der Waals surface area contributed by atoms with E-state index in [1.807, 2.05) is 30.3 Å². The molecule has 0 unspecified atom stereocenters. The Morgan fingerprint density at radius 2 is 1.53 bits per heavy atom. The highest BCUT2D eigenvalue weighted by molar-refractivity contribution is 7.67. The molecule has 3 rings (SSSR count). The first-order valence-electron chi connectivity index (χ1n) is 5.62. The number of benzene rings is 3. The van der Waals surface area contributed by atoms with Crippen LogP contribution in [0.4, 0.5) is 0 Å². The largest absolute Gasteiger partial charge is 0.507 e. The van der Waals surface area contributed by atoms with Gasteiger partial charge in [0.15, 0.2) is 0 Å². The Labute approximate surface area is 111 Å². The summed E-state index contributed by atoms with van der Waals surface area (Å²) in [7, 11) is -2.98. The Hall–Kier alpha value is -2.27. The van der Waals surface area contributed by atoms with Crippen molar-refractivity contribution in [1.82, 2.24) is 0 Å². The standard InChI is InChI=1S/C14H10O4S/c15-13-5-6-14(18-19(16)17)12-8-10-4-2-1-3-9(10)7-11(12)13/h1-8,15,19H. The Kier molecular flexibility index (Phi) is 2.76. The minimum Gasteiger partial charge on any atom is -0.507 e. The van der Waals surface area contributed by atoms with Crippen LogP contribution in [-0.2, 0) is 11.0 Å². The lowest BCUT2D eigenvalue weighted by Gasteiger charge is -2.08. The summed E-state index contributed by atoms with van der Waals surface area (Å²) in [6.07, 6.45) is 0. The second-order valence-corrected chi connectivity index (χ2v) is 4.77. The van der Waals surface area contributed by atoms with Crippen molar-refractivity contribution in [2.24, 2.45) is 0 Å². The van der Waals surface area contributed by atoms with Gasteiger partial charge in [-0.15, -0.1) is 0 Å². The summed E-state index contributed by atoms with van der Waals surface area (Å²) in [6, 6.07) is 14.1. The SMILES string of the molecule is O=[SH](=O)Oc1ccc(O)c2cc3ccccc3cc12. The molecule has 4 nitrogen and oxygen atoms in total. The van der Waals surface area contributed by atoms with E-state index < -0.39 is 11.0 Å². The first-order valence-corrected chi connectivity index (χ1v) is 6.71. The second-order valence-electron chi connectivity index (χ2n) is 4.14. The molecule has 0 bridgehead atoms. The fourth-order valence-electron chi connectivity index (χ4n) is 2.15. The van der Waals surface area contributed by atoms with Crippen molar-refractivity contribution in [3.8, 4) is 11.5 Å². The molecule has 5 heteroatoms. The molecule has 96 valence electrons. The predicted octanol–water partition coefficient (Wildman–Crippen LogP) is 2.60. The summed E-state index contributed by atoms with van der Waals surface area (Å²) in [5.74, 6) is 0.309. The van der Waals surface area contributed by atoms with Gasteiger partial charge in [-0.05, 0) is 35.0 Å². The number of hydrogen-bond donors (Lipinski definition) is 2. The third kappa shape index (κ3) is 2.08. The predicted molar refractivity (Wildman–Crippen MR) is 74.1 cm³/mol. The van der Waals surface area contributed by atoms with Crippen LogP contribution in [-0.4, -0.2) is 13.5 Å². The average Bonchev–Trinajstić information content (AvgIpc) is 2.40. The van der Waals surface area contributed by atoms with Gasteiger partial charge in [0, 0.05) is 10.8 Å². The number of phenolic OH excluding ortho intramolecular Hbond substituents is 1. The Morgan fingerprint density at radius 3 is 2.16 bits per heavy atom. The highest BCUT2D eigenvalue weighted by Crippen LogP contribution is 2.35. The van der Waals surface area contributed by atoms with Crippen LogP contribution in [0.3, 0.4) is 0 Å². The number of fused-ring (bicyclic) bond motifs is 2. The van der Waals surface area contributed by atoms with E-state index in [0.29, 0.717) is 10.8 Å². The van der Waals surface area contributed by atoms with Gasteiger partial charge in [-0.3, -0.25) is 0 Å². The third-order valence-corrected chi connectivity index (χ3v) is 3.34. The van der Waals surface area contributed by atoms with Crippen molar-refractivity contribution in [3.63, 3.8) is 0 Å². The molecule has 0 aromatic heterocycles. The van der Waals surface area contributed by atoms with Gasteiger partial charge in [-0.1, -0.05) is 24.3 Å². The topological polar surface area (TPSA) is 63.6 Å². The van der Waals surface area contributed by atoms with Gasteiger partial charge < -0.3 is 9.29 Å². The molecular weight excluding hydrogens is 264 g/mol. The highest BCUT2D eigenvalue weighted by Gasteiger charge is 2.08. The van der Waals surface area contributed by atoms with Crippen LogP contribution in [0.1, 0.15) is 0 Å². The number of aromatic hydroxyl groups is 1. The lowest BCUT2D eigenvalue weighted by molar-refractivity contribution is 0.479. The van der Waals surface area contributed by atoms with E-state index in [0.717, 1.165) is 10.8 Å². The fraction of sp³-hybridized carbons (Fsp3) is 0. The molecule has 19 heavy (non-hydrogen) atoms. The summed E-state index contributed by atoms with van der Waals surface area (Å²) in [6.45, 7) is 0. The Bertz CT molecular complexity index is 845. The van der Waals surface area contributed by atoms with E-state index in [-0.39, 0.29) is 11.5 Å². The van der Waals surface area contributed by atoms with Gasteiger partial charge in [-0.2, -0.15) is 8.42 Å². The summed E-state index contributed by atoms with van der Waals surface area (Å²) >= 11 is 0. The van der Waals surface area contributed by atoms with Gasteiger partial charge in [0.2, 0.25) is 0 Å². The molecule has 0 radical (unpaired) electrons. The Balaban J connectivity index is 2.41. The molecule has 0 saturated carbocycles. The van der Waals surface area contributed by atoms with E-state index >= 15 is 0 Å². The van der Waals surface area contributed by atoms with E-state index in [9.17, 15) is 13.5 Å². The molecule has 0 aliphatic rings. The molecule has 0 amide bonds. The van der Waals surface area contributed by atoms with Crippen LogP contribution >= 0.6 is 0 Å². The van der Waals surface area contributed by atoms with Gasteiger partial charge in [0.05, 0.1) is 0 Å². The first-order chi connectivity index (χ1) is 9.15. The molecule has 0 fully saturated rings. The molecule has 0 aliphatic carbocycles. The molecule has 0 heterocycles. The van der Waals surface area contributed by atoms with Gasteiger partial charge in [0.25, 0.3) is 11.0 Å². The van der Waals surface area contributed by atoms with Gasteiger partial charge in [-0.25, -0.2) is 0 Å². The van der Waals surface area contributed by atoms with Crippen molar-refractivity contribution in [3.05, 3.63) is 48.5 Å². The molecule has 3 aromatic carbocycles. The van der Waals surface area contributed by atoms with E-state index in [2.05, 4.69) is 0 Å². The highest BCUT2D eigenvalue weighted by atomic mass is 32.2. The summed E-state index contributed by atoms with van der Waals surface area (Å²) in [4.78, 5) is 0. The molecular formula is C14H10O4S. The molecule has 3 aromatic rings. The second kappa shape index (κ2) is 4.44. The smallest absolute Gasteiger partial charge is 0.299 e. The van der Waals surface area contributed by atoms with Crippen LogP contribution < -0.4 is 4.18 Å². The third-order valence-electron chi connectivity index (χ3n) is 2.99. The van der Waals surface area contributed by atoms with Crippen molar-refractivity contribution >= 4 is 32.5 Å². The molecule has 0 saturated heterocycles. The minimum atomic E-state index is -2.98. The lowest BCUT2D eigenvalue weighted by Crippen LogP contribution is -1.91. The quantitative estimate of drug-likeness (QED) is 0.557. The summed E-state index contributed by atoms with van der Waals surface area (Å²) < 4.78 is 26.2.